The van der Waals surface area contributed by atoms with Crippen LogP contribution in [0.5, 0.6) is 0 Å². The zero-order valence-electron chi connectivity index (χ0n) is 15.9. The second-order valence-electron chi connectivity index (χ2n) is 6.93. The Morgan fingerprint density at radius 1 is 1.04 bits per heavy atom. The fourth-order valence-corrected chi connectivity index (χ4v) is 3.71. The molecule has 0 saturated heterocycles. The smallest absolute Gasteiger partial charge is 0.234 e. The lowest BCUT2D eigenvalue weighted by Crippen LogP contribution is -2.17. The van der Waals surface area contributed by atoms with Crippen LogP contribution in [0.25, 0.3) is 0 Å². The number of anilines is 1. The summed E-state index contributed by atoms with van der Waals surface area (Å²) in [6, 6.07) is 16.0. The summed E-state index contributed by atoms with van der Waals surface area (Å²) in [5.74, 6) is 1.71. The molecule has 0 atom stereocenters. The number of para-hydroxylation sites is 1. The lowest BCUT2D eigenvalue weighted by Gasteiger charge is -2.20. The molecule has 3 nitrogen and oxygen atoms in total. The molecule has 1 N–H and O–H groups in total. The number of carbonyl (C=O) groups excluding carboxylic acids is 1. The molecule has 0 bridgehead atoms. The van der Waals surface area contributed by atoms with Crippen LogP contribution in [0, 0.1) is 11.3 Å². The second kappa shape index (κ2) is 9.45. The van der Waals surface area contributed by atoms with Gasteiger partial charge in [-0.15, -0.1) is 11.8 Å². The van der Waals surface area contributed by atoms with Gasteiger partial charge in [-0.25, -0.2) is 0 Å². The summed E-state index contributed by atoms with van der Waals surface area (Å²) in [7, 11) is 0. The molecule has 2 rings (SSSR count). The van der Waals surface area contributed by atoms with Crippen LogP contribution < -0.4 is 5.32 Å². The summed E-state index contributed by atoms with van der Waals surface area (Å²) in [5, 5.41) is 12.3. The van der Waals surface area contributed by atoms with E-state index in [0.717, 1.165) is 11.3 Å². The van der Waals surface area contributed by atoms with Gasteiger partial charge in [-0.1, -0.05) is 64.1 Å². The first-order valence-electron chi connectivity index (χ1n) is 8.92. The van der Waals surface area contributed by atoms with Gasteiger partial charge < -0.3 is 5.32 Å². The zero-order valence-corrected chi connectivity index (χ0v) is 16.7. The minimum atomic E-state index is -0.000520. The third-order valence-corrected chi connectivity index (χ3v) is 5.25. The molecule has 136 valence electrons. The lowest BCUT2D eigenvalue weighted by atomic mass is 9.92. The number of thioether (sulfide) groups is 1. The molecule has 1 amide bonds. The van der Waals surface area contributed by atoms with Crippen molar-refractivity contribution in [2.45, 2.75) is 45.3 Å². The van der Waals surface area contributed by atoms with Crippen LogP contribution in [-0.4, -0.2) is 11.7 Å². The van der Waals surface area contributed by atoms with E-state index in [-0.39, 0.29) is 5.91 Å². The van der Waals surface area contributed by atoms with Crippen molar-refractivity contribution in [3.05, 3.63) is 64.7 Å². The highest BCUT2D eigenvalue weighted by Crippen LogP contribution is 2.32. The lowest BCUT2D eigenvalue weighted by molar-refractivity contribution is -0.113. The number of amides is 1. The van der Waals surface area contributed by atoms with Crippen molar-refractivity contribution in [1.82, 2.24) is 0 Å². The van der Waals surface area contributed by atoms with Crippen LogP contribution in [0.2, 0.25) is 0 Å². The molecule has 0 spiro atoms. The second-order valence-corrected chi connectivity index (χ2v) is 7.92. The molecule has 0 aromatic heterocycles. The Kier molecular flexibility index (Phi) is 7.29. The minimum Gasteiger partial charge on any atom is -0.325 e. The number of nitriles is 1. The molecule has 0 saturated carbocycles. The number of hydrogen-bond donors (Lipinski definition) is 1. The number of benzene rings is 2. The van der Waals surface area contributed by atoms with Gasteiger partial charge in [-0.05, 0) is 34.6 Å². The molecule has 2 aromatic rings. The Morgan fingerprint density at radius 2 is 1.65 bits per heavy atom. The van der Waals surface area contributed by atoms with Crippen LogP contribution in [0.4, 0.5) is 5.69 Å². The molecule has 0 heterocycles. The van der Waals surface area contributed by atoms with Crippen molar-refractivity contribution in [2.24, 2.45) is 0 Å². The molecule has 0 aliphatic heterocycles. The van der Waals surface area contributed by atoms with E-state index in [9.17, 15) is 4.79 Å². The predicted octanol–water partition coefficient (Wildman–Crippen LogP) is 5.68. The number of carbonyl (C=O) groups is 1. The summed E-state index contributed by atoms with van der Waals surface area (Å²) in [5.41, 5.74) is 4.94. The average Bonchev–Trinajstić information content (AvgIpc) is 2.61. The summed E-state index contributed by atoms with van der Waals surface area (Å²) < 4.78 is 0. The molecular weight excluding hydrogens is 340 g/mol. The van der Waals surface area contributed by atoms with Crippen LogP contribution in [0.1, 0.15) is 61.8 Å². The van der Waals surface area contributed by atoms with Crippen LogP contribution in [0.3, 0.4) is 0 Å². The Labute approximate surface area is 160 Å². The topological polar surface area (TPSA) is 52.9 Å². The standard InChI is InChI=1S/C22H26N2OS/c1-15(2)19-10-7-11-20(16(3)4)22(19)24-21(25)14-26-13-18-9-6-5-8-17(18)12-23/h5-11,15-16H,13-14H2,1-4H3,(H,24,25). The van der Waals surface area contributed by atoms with E-state index in [4.69, 9.17) is 5.26 Å². The molecule has 0 unspecified atom stereocenters. The average molecular weight is 367 g/mol. The van der Waals surface area contributed by atoms with Gasteiger partial charge in [0.2, 0.25) is 5.91 Å². The van der Waals surface area contributed by atoms with Crippen molar-refractivity contribution < 1.29 is 4.79 Å². The van der Waals surface area contributed by atoms with Crippen molar-refractivity contribution >= 4 is 23.4 Å². The molecule has 26 heavy (non-hydrogen) atoms. The van der Waals surface area contributed by atoms with Gasteiger partial charge in [0.1, 0.15) is 0 Å². The van der Waals surface area contributed by atoms with E-state index >= 15 is 0 Å². The monoisotopic (exact) mass is 366 g/mol. The van der Waals surface area contributed by atoms with Gasteiger partial charge in [0.05, 0.1) is 17.4 Å². The molecule has 0 radical (unpaired) electrons. The van der Waals surface area contributed by atoms with E-state index < -0.39 is 0 Å². The molecule has 2 aromatic carbocycles. The van der Waals surface area contributed by atoms with E-state index in [2.05, 4.69) is 57.3 Å². The number of rotatable bonds is 7. The largest absolute Gasteiger partial charge is 0.325 e. The van der Waals surface area contributed by atoms with Crippen molar-refractivity contribution in [1.29, 1.82) is 5.26 Å². The van der Waals surface area contributed by atoms with E-state index in [0.29, 0.717) is 28.9 Å². The van der Waals surface area contributed by atoms with Crippen molar-refractivity contribution in [2.75, 3.05) is 11.1 Å². The number of nitrogens with one attached hydrogen (secondary N) is 1. The van der Waals surface area contributed by atoms with Gasteiger partial charge in [-0.2, -0.15) is 5.26 Å². The summed E-state index contributed by atoms with van der Waals surface area (Å²) >= 11 is 1.53. The Morgan fingerprint density at radius 3 is 2.23 bits per heavy atom. The highest BCUT2D eigenvalue weighted by atomic mass is 32.2. The summed E-state index contributed by atoms with van der Waals surface area (Å²) in [6.07, 6.45) is 0. The third-order valence-electron chi connectivity index (χ3n) is 4.27. The van der Waals surface area contributed by atoms with Crippen LogP contribution in [-0.2, 0) is 10.5 Å². The molecule has 0 fully saturated rings. The highest BCUT2D eigenvalue weighted by molar-refractivity contribution is 7.99. The fourth-order valence-electron chi connectivity index (χ4n) is 2.88. The summed E-state index contributed by atoms with van der Waals surface area (Å²) in [6.45, 7) is 8.57. The van der Waals surface area contributed by atoms with Gasteiger partial charge >= 0.3 is 0 Å². The maximum Gasteiger partial charge on any atom is 0.234 e. The first-order valence-corrected chi connectivity index (χ1v) is 10.1. The van der Waals surface area contributed by atoms with E-state index in [1.54, 1.807) is 0 Å². The van der Waals surface area contributed by atoms with Crippen LogP contribution in [0.15, 0.2) is 42.5 Å². The quantitative estimate of drug-likeness (QED) is 0.686. The van der Waals surface area contributed by atoms with E-state index in [1.165, 1.54) is 22.9 Å². The van der Waals surface area contributed by atoms with Gasteiger partial charge in [0.25, 0.3) is 0 Å². The van der Waals surface area contributed by atoms with E-state index in [1.807, 2.05) is 24.3 Å². The maximum atomic E-state index is 12.5. The molecule has 0 aliphatic carbocycles. The Bertz CT molecular complexity index is 780. The molecule has 0 aliphatic rings. The molecular formula is C22H26N2OS. The van der Waals surface area contributed by atoms with Gasteiger partial charge in [0.15, 0.2) is 0 Å². The predicted molar refractivity (Wildman–Crippen MR) is 111 cm³/mol. The molecule has 4 heteroatoms. The third kappa shape index (κ3) is 5.12. The first kappa shape index (κ1) is 20.1. The highest BCUT2D eigenvalue weighted by Gasteiger charge is 2.16. The van der Waals surface area contributed by atoms with Gasteiger partial charge in [-0.3, -0.25) is 4.79 Å². The fraction of sp³-hybridized carbons (Fsp3) is 0.364. The minimum absolute atomic E-state index is 0.000520. The number of nitrogens with zero attached hydrogens (tertiary/aromatic N) is 1. The number of hydrogen-bond acceptors (Lipinski definition) is 3. The first-order chi connectivity index (χ1) is 12.4. The van der Waals surface area contributed by atoms with Crippen molar-refractivity contribution in [3.63, 3.8) is 0 Å². The SMILES string of the molecule is CC(C)c1cccc(C(C)C)c1NC(=O)CSCc1ccccc1C#N. The Balaban J connectivity index is 2.05. The normalized spacial score (nSPS) is 10.8. The zero-order chi connectivity index (χ0) is 19.1. The Hall–Kier alpha value is -2.25. The van der Waals surface area contributed by atoms with Gasteiger partial charge in [0, 0.05) is 11.4 Å². The van der Waals surface area contributed by atoms with Crippen molar-refractivity contribution in [3.8, 4) is 6.07 Å². The summed E-state index contributed by atoms with van der Waals surface area (Å²) in [4.78, 5) is 12.5. The maximum absolute atomic E-state index is 12.5. The van der Waals surface area contributed by atoms with Crippen LogP contribution >= 0.6 is 11.8 Å².